The van der Waals surface area contributed by atoms with Gasteiger partial charge in [0.2, 0.25) is 0 Å². The number of hydrogen-bond donors (Lipinski definition) is 1. The van der Waals surface area contributed by atoms with E-state index < -0.39 is 38.8 Å². The molecule has 0 unspecified atom stereocenters. The fourth-order valence-corrected chi connectivity index (χ4v) is 11.1. The SMILES string of the molecule is COc1ccc(C2CCC(CN(C(=O)C3CCI(OC(=O)NCC(C)(F)F)CC3)c3cc(-c4cnn(C(C)C)c4)ccn3)CC2)cc1C. The van der Waals surface area contributed by atoms with E-state index in [1.54, 1.807) is 13.3 Å². The Morgan fingerprint density at radius 3 is 2.44 bits per heavy atom. The maximum absolute atomic E-state index is 14.3. The molecule has 0 atom stereocenters. The molecule has 1 saturated heterocycles. The monoisotopic (exact) mass is 779 g/mol. The van der Waals surface area contributed by atoms with Gasteiger partial charge in [0, 0.05) is 0 Å². The van der Waals surface area contributed by atoms with Gasteiger partial charge in [-0.15, -0.1) is 0 Å². The Hall–Kier alpha value is -3.29. The first-order valence-electron chi connectivity index (χ1n) is 16.8. The van der Waals surface area contributed by atoms with E-state index in [0.29, 0.717) is 45.9 Å². The summed E-state index contributed by atoms with van der Waals surface area (Å²) in [6.07, 6.45) is 10.2. The molecule has 2 fully saturated rings. The number of ether oxygens (including phenoxy) is 1. The standard InChI is InChI=1S/C36H48F2IN5O4/c1-24(2)44-22-31(20-42-44)30-14-17-40-33(19-30)43(21-26-6-8-27(9-7-26)29-10-11-32(47-5)25(3)18-29)34(45)28-12-15-39(16-13-28)48-35(46)41-23-36(4,37)38/h10-11,14,17-20,22,24,26-28H,6-9,12-13,15-16,21,23H2,1-5H3,(H,41,46). The van der Waals surface area contributed by atoms with E-state index >= 15 is 0 Å². The molecule has 1 aliphatic heterocycles. The molecule has 2 amide bonds. The number of nitrogens with one attached hydrogen (secondary N) is 1. The Morgan fingerprint density at radius 1 is 1.08 bits per heavy atom. The minimum Gasteiger partial charge on any atom is -0.0361 e. The number of carbonyl (C=O) groups excluding carboxylic acids is 2. The van der Waals surface area contributed by atoms with Gasteiger partial charge >= 0.3 is 241 Å². The van der Waals surface area contributed by atoms with Crippen LogP contribution in [0.2, 0.25) is 0 Å². The maximum atomic E-state index is 14.3. The molecule has 1 aromatic carbocycles. The van der Waals surface area contributed by atoms with Gasteiger partial charge in [-0.2, -0.15) is 0 Å². The number of rotatable bonds is 11. The molecule has 262 valence electrons. The van der Waals surface area contributed by atoms with Gasteiger partial charge in [0.15, 0.2) is 0 Å². The third-order valence-corrected chi connectivity index (χ3v) is 14.0. The third-order valence-electron chi connectivity index (χ3n) is 9.34. The first-order valence-corrected chi connectivity index (χ1v) is 20.8. The molecular formula is C36H48F2IN5O4. The summed E-state index contributed by atoms with van der Waals surface area (Å²) in [6.45, 7) is 6.84. The molecule has 1 N–H and O–H groups in total. The van der Waals surface area contributed by atoms with Gasteiger partial charge in [-0.1, -0.05) is 0 Å². The first kappa shape index (κ1) is 36.0. The van der Waals surface area contributed by atoms with Crippen LogP contribution in [0, 0.1) is 18.8 Å². The van der Waals surface area contributed by atoms with Crippen molar-refractivity contribution in [2.45, 2.75) is 84.1 Å². The first-order chi connectivity index (χ1) is 22.9. The Bertz CT molecular complexity index is 1550. The number of carbonyl (C=O) groups is 2. The molecule has 1 saturated carbocycles. The summed E-state index contributed by atoms with van der Waals surface area (Å²) in [5.74, 6) is -0.788. The zero-order valence-corrected chi connectivity index (χ0v) is 30.7. The second kappa shape index (κ2) is 15.9. The van der Waals surface area contributed by atoms with Crippen molar-refractivity contribution >= 4 is 38.1 Å². The van der Waals surface area contributed by atoms with Crippen LogP contribution in [0.1, 0.15) is 82.4 Å². The topological polar surface area (TPSA) is 98.6 Å². The molecule has 5 rings (SSSR count). The molecule has 3 heterocycles. The zero-order valence-electron chi connectivity index (χ0n) is 28.6. The summed E-state index contributed by atoms with van der Waals surface area (Å²) in [5, 5.41) is 6.67. The molecule has 0 bridgehead atoms. The predicted octanol–water partition coefficient (Wildman–Crippen LogP) is 8.36. The van der Waals surface area contributed by atoms with Crippen LogP contribution >= 0.6 is 20.2 Å². The smallest absolute Gasteiger partial charge is 0.0361 e. The molecule has 1 aliphatic carbocycles. The number of nitrogens with zero attached hydrogens (tertiary/aromatic N) is 4. The fourth-order valence-electron chi connectivity index (χ4n) is 6.55. The minimum atomic E-state index is -3.00. The predicted molar refractivity (Wildman–Crippen MR) is 192 cm³/mol. The van der Waals surface area contributed by atoms with Crippen molar-refractivity contribution in [2.75, 3.05) is 34.0 Å². The summed E-state index contributed by atoms with van der Waals surface area (Å²) < 4.78 is 40.6. The number of aromatic nitrogens is 3. The Balaban J connectivity index is 1.28. The van der Waals surface area contributed by atoms with Crippen LogP contribution in [-0.2, 0) is 7.86 Å². The number of amides is 2. The molecule has 3 aromatic rings. The summed E-state index contributed by atoms with van der Waals surface area (Å²) in [4.78, 5) is 33.0. The number of aryl methyl sites for hydroxylation is 1. The van der Waals surface area contributed by atoms with Crippen molar-refractivity contribution in [1.82, 2.24) is 20.1 Å². The Kier molecular flexibility index (Phi) is 12.0. The zero-order chi connectivity index (χ0) is 34.4. The summed E-state index contributed by atoms with van der Waals surface area (Å²) in [6, 6.07) is 10.6. The second-order valence-corrected chi connectivity index (χ2v) is 18.4. The van der Waals surface area contributed by atoms with E-state index in [0.717, 1.165) is 55.0 Å². The summed E-state index contributed by atoms with van der Waals surface area (Å²) in [5.41, 5.74) is 4.42. The van der Waals surface area contributed by atoms with Gasteiger partial charge in [0.1, 0.15) is 5.75 Å². The number of hydrogen-bond acceptors (Lipinski definition) is 6. The number of alkyl halides is 4. The van der Waals surface area contributed by atoms with Gasteiger partial charge in [0.25, 0.3) is 0 Å². The molecule has 9 nitrogen and oxygen atoms in total. The van der Waals surface area contributed by atoms with E-state index in [1.165, 1.54) is 5.56 Å². The Labute approximate surface area is 290 Å². The normalized spacial score (nSPS) is 19.6. The molecule has 48 heavy (non-hydrogen) atoms. The van der Waals surface area contributed by atoms with Crippen LogP contribution in [0.4, 0.5) is 19.4 Å². The summed E-state index contributed by atoms with van der Waals surface area (Å²) in [7, 11) is 1.70. The second-order valence-electron chi connectivity index (χ2n) is 13.4. The van der Waals surface area contributed by atoms with Crippen LogP contribution in [0.5, 0.6) is 5.75 Å². The number of pyridine rings is 1. The molecule has 12 heteroatoms. The van der Waals surface area contributed by atoms with Gasteiger partial charge in [-0.3, -0.25) is 0 Å². The average molecular weight is 780 g/mol. The minimum absolute atomic E-state index is 0.0519. The number of methoxy groups -OCH3 is 1. The Morgan fingerprint density at radius 2 is 1.81 bits per heavy atom. The van der Waals surface area contributed by atoms with Crippen molar-refractivity contribution in [3.63, 3.8) is 0 Å². The van der Waals surface area contributed by atoms with E-state index in [-0.39, 0.29) is 17.9 Å². The van der Waals surface area contributed by atoms with Crippen molar-refractivity contribution in [2.24, 2.45) is 11.8 Å². The van der Waals surface area contributed by atoms with Crippen LogP contribution in [0.25, 0.3) is 11.1 Å². The van der Waals surface area contributed by atoms with Crippen LogP contribution in [-0.4, -0.2) is 61.7 Å². The summed E-state index contributed by atoms with van der Waals surface area (Å²) >= 11 is -2.15. The van der Waals surface area contributed by atoms with Gasteiger partial charge in [-0.25, -0.2) is 0 Å². The van der Waals surface area contributed by atoms with Crippen LogP contribution < -0.4 is 15.0 Å². The van der Waals surface area contributed by atoms with Crippen molar-refractivity contribution < 1.29 is 26.2 Å². The fraction of sp³-hybridized carbons (Fsp3) is 0.556. The van der Waals surface area contributed by atoms with Crippen LogP contribution in [0.15, 0.2) is 48.9 Å². The molecule has 0 radical (unpaired) electrons. The molecular weight excluding hydrogens is 731 g/mol. The average Bonchev–Trinajstić information content (AvgIpc) is 3.58. The number of anilines is 1. The van der Waals surface area contributed by atoms with Crippen molar-refractivity contribution in [3.05, 3.63) is 60.0 Å². The van der Waals surface area contributed by atoms with E-state index in [9.17, 15) is 18.4 Å². The number of halogens is 3. The third kappa shape index (κ3) is 9.44. The van der Waals surface area contributed by atoms with E-state index in [1.807, 2.05) is 34.1 Å². The van der Waals surface area contributed by atoms with Crippen molar-refractivity contribution in [1.29, 1.82) is 0 Å². The molecule has 2 aromatic heterocycles. The van der Waals surface area contributed by atoms with Gasteiger partial charge < -0.3 is 4.74 Å². The quantitative estimate of drug-likeness (QED) is 0.155. The van der Waals surface area contributed by atoms with E-state index in [2.05, 4.69) is 49.4 Å². The van der Waals surface area contributed by atoms with Gasteiger partial charge in [-0.05, 0) is 32.4 Å². The number of benzene rings is 1. The van der Waals surface area contributed by atoms with Gasteiger partial charge in [0.05, 0.1) is 7.11 Å². The molecule has 0 spiro atoms. The molecule has 2 aliphatic rings. The van der Waals surface area contributed by atoms with Crippen molar-refractivity contribution in [3.8, 4) is 16.9 Å². The van der Waals surface area contributed by atoms with E-state index in [4.69, 9.17) is 12.8 Å². The van der Waals surface area contributed by atoms with Crippen LogP contribution in [0.3, 0.4) is 0 Å².